The largest absolute Gasteiger partial charge is 0.370 e. The van der Waals surface area contributed by atoms with Gasteiger partial charge in [-0.25, -0.2) is 0 Å². The van der Waals surface area contributed by atoms with E-state index in [4.69, 9.17) is 16.9 Å². The number of carbonyl (C=O) groups is 1. The van der Waals surface area contributed by atoms with Crippen molar-refractivity contribution in [1.82, 2.24) is 4.90 Å². The lowest BCUT2D eigenvalue weighted by molar-refractivity contribution is -0.121. The van der Waals surface area contributed by atoms with E-state index < -0.39 is 5.91 Å². The van der Waals surface area contributed by atoms with Crippen LogP contribution in [0, 0.1) is 5.41 Å². The molecule has 0 aliphatic carbocycles. The zero-order valence-corrected chi connectivity index (χ0v) is 6.21. The molecular weight excluding hydrogens is 144 g/mol. The van der Waals surface area contributed by atoms with E-state index >= 15 is 0 Å². The third-order valence-electron chi connectivity index (χ3n) is 1.89. The van der Waals surface area contributed by atoms with Crippen molar-refractivity contribution < 1.29 is 4.79 Å². The Kier molecular flexibility index (Phi) is 1.98. The number of guanidine groups is 1. The van der Waals surface area contributed by atoms with E-state index in [2.05, 4.69) is 0 Å². The van der Waals surface area contributed by atoms with Crippen LogP contribution in [0.2, 0.25) is 0 Å². The fraction of sp³-hybridized carbons (Fsp3) is 0.667. The Morgan fingerprint density at radius 1 is 1.55 bits per heavy atom. The maximum absolute atomic E-state index is 10.7. The van der Waals surface area contributed by atoms with Crippen LogP contribution in [-0.2, 0) is 4.79 Å². The van der Waals surface area contributed by atoms with Gasteiger partial charge in [-0.3, -0.25) is 10.2 Å². The topological polar surface area (TPSA) is 96.2 Å². The third kappa shape index (κ3) is 1.42. The molecular formula is C6H12N4O. The molecule has 1 fully saturated rings. The molecule has 1 aliphatic rings. The molecule has 0 spiro atoms. The molecule has 5 N–H and O–H groups in total. The van der Waals surface area contributed by atoms with Crippen molar-refractivity contribution in [3.63, 3.8) is 0 Å². The summed E-state index contributed by atoms with van der Waals surface area (Å²) in [7, 11) is 0. The molecule has 5 heteroatoms. The first-order valence-electron chi connectivity index (χ1n) is 3.53. The highest BCUT2D eigenvalue weighted by Crippen LogP contribution is 2.15. The van der Waals surface area contributed by atoms with Crippen LogP contribution in [0.15, 0.2) is 0 Å². The monoisotopic (exact) mass is 156 g/mol. The van der Waals surface area contributed by atoms with Crippen molar-refractivity contribution in [1.29, 1.82) is 5.41 Å². The summed E-state index contributed by atoms with van der Waals surface area (Å²) < 4.78 is 0. The maximum Gasteiger partial charge on any atom is 0.240 e. The van der Waals surface area contributed by atoms with Gasteiger partial charge in [0.15, 0.2) is 5.96 Å². The summed E-state index contributed by atoms with van der Waals surface area (Å²) in [5.74, 6) is -0.455. The predicted octanol–water partition coefficient (Wildman–Crippen LogP) is -1.17. The number of nitrogens with zero attached hydrogens (tertiary/aromatic N) is 1. The molecule has 62 valence electrons. The van der Waals surface area contributed by atoms with Crippen LogP contribution in [0.5, 0.6) is 0 Å². The molecule has 1 rings (SSSR count). The molecule has 1 atom stereocenters. The first-order chi connectivity index (χ1) is 5.13. The molecule has 1 saturated heterocycles. The molecule has 1 heterocycles. The van der Waals surface area contributed by atoms with E-state index in [9.17, 15) is 4.79 Å². The Bertz CT molecular complexity index is 171. The van der Waals surface area contributed by atoms with Crippen molar-refractivity contribution in [2.24, 2.45) is 11.5 Å². The standard InChI is InChI=1S/C6H12N4O/c7-5(11)4-2-1-3-10(4)6(8)9/h4H,1-3H2,(H2,7,11)(H3,8,9). The molecule has 0 radical (unpaired) electrons. The third-order valence-corrected chi connectivity index (χ3v) is 1.89. The van der Waals surface area contributed by atoms with E-state index in [1.807, 2.05) is 0 Å². The van der Waals surface area contributed by atoms with Crippen LogP contribution in [0.1, 0.15) is 12.8 Å². The number of carbonyl (C=O) groups excluding carboxylic acids is 1. The van der Waals surface area contributed by atoms with Crippen molar-refractivity contribution in [2.75, 3.05) is 6.54 Å². The molecule has 1 unspecified atom stereocenters. The van der Waals surface area contributed by atoms with E-state index in [1.165, 1.54) is 4.90 Å². The molecule has 1 aliphatic heterocycles. The molecule has 0 aromatic rings. The first kappa shape index (κ1) is 7.84. The summed E-state index contributed by atoms with van der Waals surface area (Å²) in [4.78, 5) is 12.3. The van der Waals surface area contributed by atoms with Gasteiger partial charge in [-0.05, 0) is 12.8 Å². The molecule has 11 heavy (non-hydrogen) atoms. The first-order valence-corrected chi connectivity index (χ1v) is 3.53. The van der Waals surface area contributed by atoms with E-state index in [1.54, 1.807) is 0 Å². The summed E-state index contributed by atoms with van der Waals surface area (Å²) in [6, 6.07) is -0.354. The lowest BCUT2D eigenvalue weighted by Crippen LogP contribution is -2.46. The lowest BCUT2D eigenvalue weighted by atomic mass is 10.2. The fourth-order valence-electron chi connectivity index (χ4n) is 1.35. The number of rotatable bonds is 1. The number of amides is 1. The quantitative estimate of drug-likeness (QED) is 0.329. The van der Waals surface area contributed by atoms with Crippen LogP contribution >= 0.6 is 0 Å². The number of hydrogen-bond donors (Lipinski definition) is 3. The van der Waals surface area contributed by atoms with Crippen LogP contribution in [-0.4, -0.2) is 29.4 Å². The van der Waals surface area contributed by atoms with Gasteiger partial charge in [0, 0.05) is 6.54 Å². The highest BCUT2D eigenvalue weighted by molar-refractivity contribution is 5.86. The number of nitrogens with one attached hydrogen (secondary N) is 1. The molecule has 5 nitrogen and oxygen atoms in total. The molecule has 0 bridgehead atoms. The second kappa shape index (κ2) is 2.77. The summed E-state index contributed by atoms with van der Waals surface area (Å²) in [5, 5.41) is 7.11. The highest BCUT2D eigenvalue weighted by Gasteiger charge is 2.29. The van der Waals surface area contributed by atoms with Crippen molar-refractivity contribution in [3.8, 4) is 0 Å². The lowest BCUT2D eigenvalue weighted by Gasteiger charge is -2.21. The van der Waals surface area contributed by atoms with Gasteiger partial charge in [-0.2, -0.15) is 0 Å². The van der Waals surface area contributed by atoms with Crippen LogP contribution in [0.25, 0.3) is 0 Å². The van der Waals surface area contributed by atoms with Crippen molar-refractivity contribution in [3.05, 3.63) is 0 Å². The fourth-order valence-corrected chi connectivity index (χ4v) is 1.35. The van der Waals surface area contributed by atoms with Crippen LogP contribution < -0.4 is 11.5 Å². The Labute approximate surface area is 64.8 Å². The second-order valence-electron chi connectivity index (χ2n) is 2.64. The second-order valence-corrected chi connectivity index (χ2v) is 2.64. The minimum absolute atomic E-state index is 0.0636. The highest BCUT2D eigenvalue weighted by atomic mass is 16.1. The minimum atomic E-state index is -0.391. The summed E-state index contributed by atoms with van der Waals surface area (Å²) in [5.41, 5.74) is 10.3. The minimum Gasteiger partial charge on any atom is -0.370 e. The molecule has 0 aromatic carbocycles. The van der Waals surface area contributed by atoms with Gasteiger partial charge in [-0.15, -0.1) is 0 Å². The Morgan fingerprint density at radius 2 is 2.18 bits per heavy atom. The Morgan fingerprint density at radius 3 is 2.55 bits per heavy atom. The Hall–Kier alpha value is -1.26. The van der Waals surface area contributed by atoms with Crippen LogP contribution in [0.4, 0.5) is 0 Å². The summed E-state index contributed by atoms with van der Waals surface area (Å²) in [6.07, 6.45) is 1.60. The van der Waals surface area contributed by atoms with Gasteiger partial charge in [0.25, 0.3) is 0 Å². The average Bonchev–Trinajstić information content (AvgIpc) is 2.32. The number of nitrogens with two attached hydrogens (primary N) is 2. The number of hydrogen-bond acceptors (Lipinski definition) is 2. The normalized spacial score (nSPS) is 23.6. The average molecular weight is 156 g/mol. The predicted molar refractivity (Wildman–Crippen MR) is 40.8 cm³/mol. The zero-order valence-electron chi connectivity index (χ0n) is 6.21. The van der Waals surface area contributed by atoms with Gasteiger partial charge >= 0.3 is 0 Å². The van der Waals surface area contributed by atoms with E-state index in [0.29, 0.717) is 6.54 Å². The smallest absolute Gasteiger partial charge is 0.240 e. The van der Waals surface area contributed by atoms with Crippen molar-refractivity contribution >= 4 is 11.9 Å². The van der Waals surface area contributed by atoms with E-state index in [0.717, 1.165) is 12.8 Å². The van der Waals surface area contributed by atoms with Gasteiger partial charge < -0.3 is 16.4 Å². The summed E-state index contributed by atoms with van der Waals surface area (Å²) >= 11 is 0. The zero-order chi connectivity index (χ0) is 8.43. The molecule has 1 amide bonds. The Balaban J connectivity index is 2.65. The van der Waals surface area contributed by atoms with Crippen LogP contribution in [0.3, 0.4) is 0 Å². The number of likely N-dealkylation sites (tertiary alicyclic amines) is 1. The van der Waals surface area contributed by atoms with Crippen molar-refractivity contribution in [2.45, 2.75) is 18.9 Å². The van der Waals surface area contributed by atoms with Gasteiger partial charge in [0.2, 0.25) is 5.91 Å². The summed E-state index contributed by atoms with van der Waals surface area (Å²) in [6.45, 7) is 0.670. The van der Waals surface area contributed by atoms with Gasteiger partial charge in [0.1, 0.15) is 6.04 Å². The van der Waals surface area contributed by atoms with E-state index in [-0.39, 0.29) is 12.0 Å². The van der Waals surface area contributed by atoms with Gasteiger partial charge in [0.05, 0.1) is 0 Å². The van der Waals surface area contributed by atoms with Gasteiger partial charge in [-0.1, -0.05) is 0 Å². The molecule has 0 aromatic heterocycles. The molecule has 0 saturated carbocycles. The maximum atomic E-state index is 10.7. The number of primary amides is 1. The SMILES string of the molecule is N=C(N)N1CCCC1C(N)=O.